The molecule has 0 radical (unpaired) electrons. The summed E-state index contributed by atoms with van der Waals surface area (Å²) in [6.45, 7) is 3.97. The van der Waals surface area contributed by atoms with E-state index in [4.69, 9.17) is 9.47 Å². The average Bonchev–Trinajstić information content (AvgIpc) is 2.64. The number of hydrogen-bond acceptors (Lipinski definition) is 6. The third-order valence-corrected chi connectivity index (χ3v) is 4.65. The van der Waals surface area contributed by atoms with Gasteiger partial charge in [-0.05, 0) is 24.0 Å². The number of ether oxygens (including phenoxy) is 2. The minimum Gasteiger partial charge on any atom is -0.493 e. The van der Waals surface area contributed by atoms with Gasteiger partial charge in [-0.1, -0.05) is 30.5 Å². The number of amides is 1. The number of fused-ring (bicyclic) bond motifs is 1. The van der Waals surface area contributed by atoms with Crippen LogP contribution in [0, 0.1) is 0 Å². The van der Waals surface area contributed by atoms with Gasteiger partial charge in [0.2, 0.25) is 5.91 Å². The van der Waals surface area contributed by atoms with Gasteiger partial charge in [0.1, 0.15) is 12.4 Å². The Kier molecular flexibility index (Phi) is 5.32. The lowest BCUT2D eigenvalue weighted by atomic mass is 9.86. The van der Waals surface area contributed by atoms with Gasteiger partial charge in [0.25, 0.3) is 5.56 Å². The van der Waals surface area contributed by atoms with Gasteiger partial charge in [-0.3, -0.25) is 9.59 Å². The molecule has 1 aromatic heterocycles. The first kappa shape index (κ1) is 18.1. The first-order valence-corrected chi connectivity index (χ1v) is 9.19. The van der Waals surface area contributed by atoms with Crippen LogP contribution in [0.2, 0.25) is 0 Å². The van der Waals surface area contributed by atoms with Gasteiger partial charge in [-0.25, -0.2) is 4.98 Å². The van der Waals surface area contributed by atoms with Crippen molar-refractivity contribution >= 4 is 23.5 Å². The fourth-order valence-electron chi connectivity index (χ4n) is 2.90. The van der Waals surface area contributed by atoms with Crippen LogP contribution in [-0.4, -0.2) is 35.8 Å². The minimum absolute atomic E-state index is 0.159. The molecule has 0 spiro atoms. The van der Waals surface area contributed by atoms with E-state index in [0.29, 0.717) is 34.6 Å². The van der Waals surface area contributed by atoms with Gasteiger partial charge in [0.15, 0.2) is 16.7 Å². The largest absolute Gasteiger partial charge is 0.493 e. The van der Waals surface area contributed by atoms with Crippen molar-refractivity contribution in [2.24, 2.45) is 0 Å². The zero-order chi connectivity index (χ0) is 18.7. The summed E-state index contributed by atoms with van der Waals surface area (Å²) in [6, 6.07) is 5.38. The zero-order valence-electron chi connectivity index (χ0n) is 14.5. The van der Waals surface area contributed by atoms with Gasteiger partial charge in [-0.2, -0.15) is 0 Å². The Bertz CT molecular complexity index is 910. The van der Waals surface area contributed by atoms with Crippen molar-refractivity contribution in [1.82, 2.24) is 9.97 Å². The number of hydrogen-bond donors (Lipinski definition) is 2. The van der Waals surface area contributed by atoms with E-state index < -0.39 is 5.92 Å². The van der Waals surface area contributed by atoms with Crippen LogP contribution < -0.4 is 20.3 Å². The fraction of sp³-hybridized carbons (Fsp3) is 0.278. The van der Waals surface area contributed by atoms with Crippen LogP contribution in [0.4, 0.5) is 5.82 Å². The van der Waals surface area contributed by atoms with Crippen LogP contribution in [0.15, 0.2) is 40.8 Å². The van der Waals surface area contributed by atoms with Crippen molar-refractivity contribution in [2.75, 3.05) is 25.3 Å². The number of methoxy groups -OCH3 is 1. The summed E-state index contributed by atoms with van der Waals surface area (Å²) in [5, 5.41) is 3.15. The Labute approximate surface area is 154 Å². The van der Waals surface area contributed by atoms with Crippen molar-refractivity contribution in [3.63, 3.8) is 0 Å². The summed E-state index contributed by atoms with van der Waals surface area (Å²) in [5.41, 5.74) is 0.979. The molecular weight excluding hydrogens is 354 g/mol. The predicted molar refractivity (Wildman–Crippen MR) is 100 cm³/mol. The maximum Gasteiger partial charge on any atom is 0.257 e. The second-order valence-corrected chi connectivity index (χ2v) is 6.45. The van der Waals surface area contributed by atoms with Crippen molar-refractivity contribution in [2.45, 2.75) is 17.5 Å². The van der Waals surface area contributed by atoms with Gasteiger partial charge in [0.05, 0.1) is 12.7 Å². The molecule has 0 saturated heterocycles. The van der Waals surface area contributed by atoms with Gasteiger partial charge >= 0.3 is 0 Å². The van der Waals surface area contributed by atoms with Crippen molar-refractivity contribution in [3.8, 4) is 11.5 Å². The topological polar surface area (TPSA) is 93.3 Å². The molecule has 2 aromatic rings. The highest BCUT2D eigenvalue weighted by atomic mass is 32.2. The monoisotopic (exact) mass is 373 g/mol. The van der Waals surface area contributed by atoms with Crippen LogP contribution in [0.1, 0.15) is 23.5 Å². The van der Waals surface area contributed by atoms with Crippen LogP contribution in [0.3, 0.4) is 0 Å². The van der Waals surface area contributed by atoms with Crippen molar-refractivity contribution < 1.29 is 14.3 Å². The number of thioether (sulfide) groups is 1. The molecule has 136 valence electrons. The number of rotatable bonds is 6. The third kappa shape index (κ3) is 3.45. The molecule has 2 heterocycles. The Morgan fingerprint density at radius 3 is 2.88 bits per heavy atom. The summed E-state index contributed by atoms with van der Waals surface area (Å²) >= 11 is 1.31. The van der Waals surface area contributed by atoms with Crippen LogP contribution >= 0.6 is 11.8 Å². The summed E-state index contributed by atoms with van der Waals surface area (Å²) in [5.74, 6) is 0.820. The van der Waals surface area contributed by atoms with Crippen LogP contribution in [-0.2, 0) is 4.79 Å². The van der Waals surface area contributed by atoms with E-state index >= 15 is 0 Å². The first-order valence-electron chi connectivity index (χ1n) is 7.97. The van der Waals surface area contributed by atoms with E-state index in [9.17, 15) is 9.59 Å². The second kappa shape index (κ2) is 7.65. The Morgan fingerprint density at radius 1 is 1.38 bits per heavy atom. The number of nitrogens with one attached hydrogen (secondary N) is 2. The number of aromatic nitrogens is 2. The lowest BCUT2D eigenvalue weighted by molar-refractivity contribution is -0.116. The molecule has 8 heteroatoms. The molecule has 0 aliphatic carbocycles. The van der Waals surface area contributed by atoms with Gasteiger partial charge < -0.3 is 19.8 Å². The maximum atomic E-state index is 12.6. The molecule has 1 aliphatic heterocycles. The Hall–Kier alpha value is -2.74. The lowest BCUT2D eigenvalue weighted by Crippen LogP contribution is -2.31. The molecule has 1 amide bonds. The van der Waals surface area contributed by atoms with E-state index in [0.717, 1.165) is 5.56 Å². The highest BCUT2D eigenvalue weighted by molar-refractivity contribution is 7.98. The van der Waals surface area contributed by atoms with Gasteiger partial charge in [0, 0.05) is 12.3 Å². The molecular formula is C18H19N3O4S. The molecule has 26 heavy (non-hydrogen) atoms. The fourth-order valence-corrected chi connectivity index (χ4v) is 3.28. The predicted octanol–water partition coefficient (Wildman–Crippen LogP) is 2.54. The van der Waals surface area contributed by atoms with Crippen molar-refractivity contribution in [1.29, 1.82) is 0 Å². The smallest absolute Gasteiger partial charge is 0.257 e. The van der Waals surface area contributed by atoms with Crippen molar-refractivity contribution in [3.05, 3.63) is 52.3 Å². The number of anilines is 1. The molecule has 2 N–H and O–H groups in total. The molecule has 3 rings (SSSR count). The molecule has 1 aromatic carbocycles. The molecule has 7 nitrogen and oxygen atoms in total. The quantitative estimate of drug-likeness (QED) is 0.459. The molecule has 0 fully saturated rings. The second-order valence-electron chi connectivity index (χ2n) is 5.65. The lowest BCUT2D eigenvalue weighted by Gasteiger charge is -2.25. The van der Waals surface area contributed by atoms with Crippen LogP contribution in [0.5, 0.6) is 11.5 Å². The third-order valence-electron chi connectivity index (χ3n) is 4.07. The first-order chi connectivity index (χ1) is 12.6. The summed E-state index contributed by atoms with van der Waals surface area (Å²) < 4.78 is 10.9. The standard InChI is InChI=1S/C18H19N3O4S/c1-4-7-25-12-6-5-10(8-13(12)24-2)11-9-14(22)19-16-15(11)17(23)21-18(20-16)26-3/h4-6,8,11H,1,7,9H2,2-3H3,(H2,19,20,21,22,23)/t11-/m1/s1. The number of carbonyl (C=O) groups is 1. The van der Waals surface area contributed by atoms with E-state index in [1.807, 2.05) is 6.07 Å². The minimum atomic E-state index is -0.409. The van der Waals surface area contributed by atoms with E-state index in [1.165, 1.54) is 11.8 Å². The summed E-state index contributed by atoms with van der Waals surface area (Å²) in [6.07, 6.45) is 3.61. The number of H-pyrrole nitrogens is 1. The number of nitrogens with zero attached hydrogens (tertiary/aromatic N) is 1. The zero-order valence-corrected chi connectivity index (χ0v) is 15.3. The molecule has 0 unspecified atom stereocenters. The maximum absolute atomic E-state index is 12.6. The van der Waals surface area contributed by atoms with Crippen LogP contribution in [0.25, 0.3) is 0 Å². The Balaban J connectivity index is 2.06. The highest BCUT2D eigenvalue weighted by Crippen LogP contribution is 2.38. The molecule has 1 aliphatic rings. The summed E-state index contributed by atoms with van der Waals surface area (Å²) in [4.78, 5) is 31.8. The number of benzene rings is 1. The normalized spacial score (nSPS) is 15.8. The number of carbonyl (C=O) groups excluding carboxylic acids is 1. The van der Waals surface area contributed by atoms with E-state index in [2.05, 4.69) is 21.9 Å². The molecule has 1 atom stereocenters. The summed E-state index contributed by atoms with van der Waals surface area (Å²) in [7, 11) is 1.54. The Morgan fingerprint density at radius 2 is 2.19 bits per heavy atom. The highest BCUT2D eigenvalue weighted by Gasteiger charge is 2.31. The SMILES string of the molecule is C=CCOc1ccc([C@H]2CC(=O)Nc3nc(SC)[nH]c(=O)c32)cc1OC. The van der Waals surface area contributed by atoms with E-state index in [1.54, 1.807) is 31.6 Å². The number of aromatic amines is 1. The van der Waals surface area contributed by atoms with Gasteiger partial charge in [-0.15, -0.1) is 0 Å². The molecule has 0 saturated carbocycles. The average molecular weight is 373 g/mol. The van der Waals surface area contributed by atoms with E-state index in [-0.39, 0.29) is 17.9 Å². The molecule has 0 bridgehead atoms.